The second kappa shape index (κ2) is 7.29. The molecular weight excluding hydrogens is 356 g/mol. The first-order valence-electron chi connectivity index (χ1n) is 8.44. The Kier molecular flexibility index (Phi) is 4.71. The van der Waals surface area contributed by atoms with Gasteiger partial charge >= 0.3 is 6.01 Å². The molecule has 1 saturated heterocycles. The molecule has 0 N–H and O–H groups in total. The summed E-state index contributed by atoms with van der Waals surface area (Å²) in [5.74, 6) is 0.00868. The Labute approximate surface area is 154 Å². The molecule has 2 aromatic heterocycles. The molecule has 1 fully saturated rings. The fourth-order valence-electron chi connectivity index (χ4n) is 3.09. The van der Waals surface area contributed by atoms with E-state index in [2.05, 4.69) is 15.1 Å². The predicted molar refractivity (Wildman–Crippen MR) is 95.0 cm³/mol. The molecular formula is C18H17ClN4O3. The van der Waals surface area contributed by atoms with Gasteiger partial charge in [0.15, 0.2) is 5.58 Å². The topological polar surface area (TPSA) is 81.4 Å². The summed E-state index contributed by atoms with van der Waals surface area (Å²) in [7, 11) is 0. The van der Waals surface area contributed by atoms with Gasteiger partial charge in [-0.2, -0.15) is 0 Å². The van der Waals surface area contributed by atoms with Crippen molar-refractivity contribution in [2.45, 2.75) is 25.4 Å². The molecule has 1 aliphatic heterocycles. The molecule has 8 heteroatoms. The molecule has 0 bridgehead atoms. The van der Waals surface area contributed by atoms with Gasteiger partial charge in [0.25, 0.3) is 0 Å². The lowest BCUT2D eigenvalue weighted by Crippen LogP contribution is -2.45. The number of rotatable bonds is 4. The Balaban J connectivity index is 1.40. The summed E-state index contributed by atoms with van der Waals surface area (Å²) in [6.07, 6.45) is 4.77. The molecule has 0 unspecified atom stereocenters. The molecule has 0 radical (unpaired) electrons. The fraction of sp³-hybridized carbons (Fsp3) is 0.333. The fourth-order valence-corrected chi connectivity index (χ4v) is 3.19. The van der Waals surface area contributed by atoms with Gasteiger partial charge in [-0.3, -0.25) is 4.79 Å². The highest BCUT2D eigenvalue weighted by Crippen LogP contribution is 2.21. The average molecular weight is 373 g/mol. The van der Waals surface area contributed by atoms with Crippen LogP contribution in [0.15, 0.2) is 41.2 Å². The number of nitrogens with zero attached hydrogens (tertiary/aromatic N) is 4. The molecule has 0 spiro atoms. The molecule has 1 aliphatic rings. The maximum atomic E-state index is 12.7. The lowest BCUT2D eigenvalue weighted by Gasteiger charge is -2.32. The van der Waals surface area contributed by atoms with Crippen LogP contribution in [-0.2, 0) is 11.2 Å². The van der Waals surface area contributed by atoms with Crippen molar-refractivity contribution >= 4 is 28.5 Å². The number of likely N-dealkylation sites (tertiary alicyclic amines) is 1. The third kappa shape index (κ3) is 3.62. The summed E-state index contributed by atoms with van der Waals surface area (Å²) in [6.45, 7) is 1.20. The third-order valence-electron chi connectivity index (χ3n) is 4.37. The Morgan fingerprint density at radius 3 is 2.96 bits per heavy atom. The van der Waals surface area contributed by atoms with Crippen LogP contribution < -0.4 is 4.74 Å². The van der Waals surface area contributed by atoms with Gasteiger partial charge in [-0.05, 0) is 25.0 Å². The summed E-state index contributed by atoms with van der Waals surface area (Å²) >= 11 is 5.78. The van der Waals surface area contributed by atoms with Crippen LogP contribution in [0, 0.1) is 0 Å². The number of hydrogen-bond donors (Lipinski definition) is 0. The summed E-state index contributed by atoms with van der Waals surface area (Å²) in [6, 6.07) is 7.81. The minimum absolute atomic E-state index is 0.00868. The van der Waals surface area contributed by atoms with E-state index in [9.17, 15) is 4.79 Å². The number of piperidine rings is 1. The van der Waals surface area contributed by atoms with E-state index in [1.165, 1.54) is 12.4 Å². The smallest absolute Gasteiger partial charge is 0.316 e. The second-order valence-electron chi connectivity index (χ2n) is 6.21. The van der Waals surface area contributed by atoms with Gasteiger partial charge in [-0.1, -0.05) is 28.9 Å². The van der Waals surface area contributed by atoms with Gasteiger partial charge in [-0.25, -0.2) is 9.97 Å². The Bertz CT molecular complexity index is 912. The maximum absolute atomic E-state index is 12.7. The van der Waals surface area contributed by atoms with Crippen LogP contribution in [0.3, 0.4) is 0 Å². The van der Waals surface area contributed by atoms with E-state index in [1.807, 2.05) is 24.3 Å². The van der Waals surface area contributed by atoms with E-state index in [0.717, 1.165) is 18.2 Å². The van der Waals surface area contributed by atoms with Gasteiger partial charge in [0.1, 0.15) is 11.8 Å². The molecule has 26 heavy (non-hydrogen) atoms. The van der Waals surface area contributed by atoms with Crippen molar-refractivity contribution in [3.63, 3.8) is 0 Å². The normalized spacial score (nSPS) is 17.4. The zero-order valence-corrected chi connectivity index (χ0v) is 14.7. The van der Waals surface area contributed by atoms with E-state index >= 15 is 0 Å². The zero-order valence-electron chi connectivity index (χ0n) is 14.0. The zero-order chi connectivity index (χ0) is 17.9. The van der Waals surface area contributed by atoms with Gasteiger partial charge in [-0.15, -0.1) is 0 Å². The predicted octanol–water partition coefficient (Wildman–Crippen LogP) is 2.88. The van der Waals surface area contributed by atoms with Crippen LogP contribution in [0.2, 0.25) is 5.02 Å². The standard InChI is InChI=1S/C18H17ClN4O3/c19-12-9-20-18(21-10-12)25-13-4-3-7-23(11-13)17(24)8-15-14-5-1-2-6-16(14)26-22-15/h1-2,5-6,9-10,13H,3-4,7-8,11H2/t13-/m1/s1. The number of amides is 1. The van der Waals surface area contributed by atoms with Crippen molar-refractivity contribution in [3.05, 3.63) is 47.4 Å². The minimum Gasteiger partial charge on any atom is -0.458 e. The van der Waals surface area contributed by atoms with Gasteiger partial charge in [0.2, 0.25) is 5.91 Å². The molecule has 0 saturated carbocycles. The first-order valence-corrected chi connectivity index (χ1v) is 8.82. The van der Waals surface area contributed by atoms with Gasteiger partial charge < -0.3 is 14.2 Å². The Hall–Kier alpha value is -2.67. The third-order valence-corrected chi connectivity index (χ3v) is 4.57. The van der Waals surface area contributed by atoms with Crippen molar-refractivity contribution in [2.75, 3.05) is 13.1 Å². The van der Waals surface area contributed by atoms with Crippen molar-refractivity contribution < 1.29 is 14.1 Å². The highest BCUT2D eigenvalue weighted by atomic mass is 35.5. The SMILES string of the molecule is O=C(Cc1noc2ccccc12)N1CCC[C@@H](Oc2ncc(Cl)cn2)C1. The molecule has 1 amide bonds. The minimum atomic E-state index is -0.136. The van der Waals surface area contributed by atoms with Crippen molar-refractivity contribution in [3.8, 4) is 6.01 Å². The van der Waals surface area contributed by atoms with Crippen LogP contribution in [0.5, 0.6) is 6.01 Å². The molecule has 3 heterocycles. The number of carbonyl (C=O) groups excluding carboxylic acids is 1. The van der Waals surface area contributed by atoms with Gasteiger partial charge in [0, 0.05) is 11.9 Å². The monoisotopic (exact) mass is 372 g/mol. The number of para-hydroxylation sites is 1. The maximum Gasteiger partial charge on any atom is 0.316 e. The summed E-state index contributed by atoms with van der Waals surface area (Å²) in [5.41, 5.74) is 1.35. The number of ether oxygens (including phenoxy) is 1. The number of carbonyl (C=O) groups is 1. The lowest BCUT2D eigenvalue weighted by molar-refractivity contribution is -0.133. The van der Waals surface area contributed by atoms with E-state index in [4.69, 9.17) is 20.9 Å². The summed E-state index contributed by atoms with van der Waals surface area (Å²) in [4.78, 5) is 22.6. The molecule has 0 aliphatic carbocycles. The van der Waals surface area contributed by atoms with E-state index in [0.29, 0.717) is 29.4 Å². The molecule has 4 rings (SSSR count). The van der Waals surface area contributed by atoms with Crippen LogP contribution in [-0.4, -0.2) is 45.1 Å². The van der Waals surface area contributed by atoms with E-state index in [1.54, 1.807) is 4.90 Å². The lowest BCUT2D eigenvalue weighted by atomic mass is 10.1. The Morgan fingerprint density at radius 2 is 2.12 bits per heavy atom. The quantitative estimate of drug-likeness (QED) is 0.700. The highest BCUT2D eigenvalue weighted by molar-refractivity contribution is 6.30. The highest BCUT2D eigenvalue weighted by Gasteiger charge is 2.26. The van der Waals surface area contributed by atoms with E-state index < -0.39 is 0 Å². The Morgan fingerprint density at radius 1 is 1.31 bits per heavy atom. The average Bonchev–Trinajstić information content (AvgIpc) is 3.07. The molecule has 7 nitrogen and oxygen atoms in total. The van der Waals surface area contributed by atoms with Crippen LogP contribution >= 0.6 is 11.6 Å². The van der Waals surface area contributed by atoms with Crippen molar-refractivity contribution in [2.24, 2.45) is 0 Å². The summed E-state index contributed by atoms with van der Waals surface area (Å²) < 4.78 is 11.1. The van der Waals surface area contributed by atoms with Crippen LogP contribution in [0.1, 0.15) is 18.5 Å². The van der Waals surface area contributed by atoms with Crippen molar-refractivity contribution in [1.29, 1.82) is 0 Å². The second-order valence-corrected chi connectivity index (χ2v) is 6.64. The number of halogens is 1. The summed E-state index contributed by atoms with van der Waals surface area (Å²) in [5, 5.41) is 5.37. The first kappa shape index (κ1) is 16.8. The number of benzene rings is 1. The molecule has 3 aromatic rings. The largest absolute Gasteiger partial charge is 0.458 e. The molecule has 134 valence electrons. The molecule has 1 atom stereocenters. The molecule has 1 aromatic carbocycles. The number of fused-ring (bicyclic) bond motifs is 1. The van der Waals surface area contributed by atoms with Gasteiger partial charge in [0.05, 0.1) is 30.4 Å². The number of hydrogen-bond acceptors (Lipinski definition) is 6. The van der Waals surface area contributed by atoms with Crippen LogP contribution in [0.4, 0.5) is 0 Å². The number of aromatic nitrogens is 3. The van der Waals surface area contributed by atoms with Crippen molar-refractivity contribution in [1.82, 2.24) is 20.0 Å². The van der Waals surface area contributed by atoms with E-state index in [-0.39, 0.29) is 24.4 Å². The first-order chi connectivity index (χ1) is 12.7. The van der Waals surface area contributed by atoms with Crippen LogP contribution in [0.25, 0.3) is 11.0 Å².